The molecule has 4 heteroatoms. The van der Waals surface area contributed by atoms with Crippen LogP contribution in [0.1, 0.15) is 0 Å². The van der Waals surface area contributed by atoms with E-state index in [1.54, 1.807) is 23.2 Å². The summed E-state index contributed by atoms with van der Waals surface area (Å²) in [5, 5.41) is 17.1. The Bertz CT molecular complexity index is 286. The number of hydrogen-bond donors (Lipinski definition) is 0. The van der Waals surface area contributed by atoms with E-state index in [4.69, 9.17) is 15.3 Å². The molecule has 0 spiro atoms. The molecule has 4 nitrogen and oxygen atoms in total. The highest BCUT2D eigenvalue weighted by atomic mass is 16.5. The van der Waals surface area contributed by atoms with Gasteiger partial charge in [0, 0.05) is 20.3 Å². The van der Waals surface area contributed by atoms with Crippen molar-refractivity contribution in [1.29, 1.82) is 10.5 Å². The molecule has 0 heterocycles. The SMILES string of the molecule is COC(=C=CN(C)C)C(C#N)C#N. The molecule has 0 saturated carbocycles. The molecule has 0 amide bonds. The Morgan fingerprint density at radius 2 is 1.92 bits per heavy atom. The third kappa shape index (κ3) is 3.86. The van der Waals surface area contributed by atoms with Gasteiger partial charge < -0.3 is 9.64 Å². The Kier molecular flexibility index (Phi) is 4.88. The van der Waals surface area contributed by atoms with Crippen LogP contribution in [0, 0.1) is 28.6 Å². The van der Waals surface area contributed by atoms with E-state index in [1.165, 1.54) is 7.11 Å². The lowest BCUT2D eigenvalue weighted by molar-refractivity contribution is 0.272. The van der Waals surface area contributed by atoms with Crippen molar-refractivity contribution < 1.29 is 4.74 Å². The molecule has 0 aliphatic rings. The summed E-state index contributed by atoms with van der Waals surface area (Å²) in [4.78, 5) is 1.74. The molecule has 68 valence electrons. The van der Waals surface area contributed by atoms with Crippen LogP contribution in [0.4, 0.5) is 0 Å². The summed E-state index contributed by atoms with van der Waals surface area (Å²) in [6.07, 6.45) is 1.60. The minimum Gasteiger partial charge on any atom is -0.490 e. The first-order valence-electron chi connectivity index (χ1n) is 3.62. The number of hydrogen-bond acceptors (Lipinski definition) is 4. The zero-order valence-corrected chi connectivity index (χ0v) is 7.90. The largest absolute Gasteiger partial charge is 0.490 e. The molecule has 0 unspecified atom stereocenters. The Labute approximate surface area is 77.9 Å². The summed E-state index contributed by atoms with van der Waals surface area (Å²) >= 11 is 0. The van der Waals surface area contributed by atoms with Crippen LogP contribution in [0.15, 0.2) is 17.7 Å². The average molecular weight is 177 g/mol. The lowest BCUT2D eigenvalue weighted by Gasteiger charge is -2.03. The molecule has 0 aromatic carbocycles. The lowest BCUT2D eigenvalue weighted by atomic mass is 10.1. The molecule has 0 aliphatic heterocycles. The van der Waals surface area contributed by atoms with Crippen LogP contribution < -0.4 is 0 Å². The summed E-state index contributed by atoms with van der Waals surface area (Å²) in [6.45, 7) is 0. The van der Waals surface area contributed by atoms with Gasteiger partial charge in [0.15, 0.2) is 11.7 Å². The molecular weight excluding hydrogens is 166 g/mol. The molecule has 0 N–H and O–H groups in total. The van der Waals surface area contributed by atoms with Crippen molar-refractivity contribution in [3.8, 4) is 12.1 Å². The molecular formula is C9H11N3O. The smallest absolute Gasteiger partial charge is 0.197 e. The summed E-state index contributed by atoms with van der Waals surface area (Å²) in [7, 11) is 5.04. The molecule has 0 aromatic rings. The van der Waals surface area contributed by atoms with E-state index in [2.05, 4.69) is 5.73 Å². The fourth-order valence-corrected chi connectivity index (χ4v) is 0.599. The Morgan fingerprint density at radius 1 is 1.38 bits per heavy atom. The first-order valence-corrected chi connectivity index (χ1v) is 3.62. The summed E-state index contributed by atoms with van der Waals surface area (Å²) in [5.74, 6) is -0.653. The average Bonchev–Trinajstić information content (AvgIpc) is 2.11. The third-order valence-corrected chi connectivity index (χ3v) is 1.21. The van der Waals surface area contributed by atoms with E-state index in [9.17, 15) is 0 Å². The minimum absolute atomic E-state index is 0.235. The molecule has 0 aliphatic carbocycles. The van der Waals surface area contributed by atoms with Crippen molar-refractivity contribution in [2.24, 2.45) is 5.92 Å². The van der Waals surface area contributed by atoms with Crippen molar-refractivity contribution >= 4 is 0 Å². The summed E-state index contributed by atoms with van der Waals surface area (Å²) < 4.78 is 4.85. The van der Waals surface area contributed by atoms with Crippen molar-refractivity contribution in [2.75, 3.05) is 21.2 Å². The molecule has 0 fully saturated rings. The molecule has 0 bridgehead atoms. The van der Waals surface area contributed by atoms with Gasteiger partial charge in [-0.3, -0.25) is 0 Å². The highest BCUT2D eigenvalue weighted by Gasteiger charge is 2.11. The highest BCUT2D eigenvalue weighted by Crippen LogP contribution is 2.07. The zero-order valence-electron chi connectivity index (χ0n) is 7.90. The van der Waals surface area contributed by atoms with Crippen molar-refractivity contribution in [3.05, 3.63) is 17.7 Å². The maximum Gasteiger partial charge on any atom is 0.197 e. The number of nitriles is 2. The van der Waals surface area contributed by atoms with Crippen LogP contribution in [0.3, 0.4) is 0 Å². The van der Waals surface area contributed by atoms with Crippen LogP contribution in [-0.4, -0.2) is 26.1 Å². The van der Waals surface area contributed by atoms with Crippen molar-refractivity contribution in [3.63, 3.8) is 0 Å². The fourth-order valence-electron chi connectivity index (χ4n) is 0.599. The van der Waals surface area contributed by atoms with Crippen LogP contribution in [-0.2, 0) is 4.74 Å². The number of ether oxygens (including phenoxy) is 1. The molecule has 0 rings (SSSR count). The van der Waals surface area contributed by atoms with Gasteiger partial charge in [-0.2, -0.15) is 10.5 Å². The van der Waals surface area contributed by atoms with Gasteiger partial charge in [-0.25, -0.2) is 0 Å². The maximum atomic E-state index is 8.55. The first-order chi connectivity index (χ1) is 6.15. The van der Waals surface area contributed by atoms with Gasteiger partial charge in [0.25, 0.3) is 0 Å². The van der Waals surface area contributed by atoms with Gasteiger partial charge >= 0.3 is 0 Å². The topological polar surface area (TPSA) is 60.0 Å². The Balaban J connectivity index is 4.82. The molecule has 0 saturated heterocycles. The van der Waals surface area contributed by atoms with Gasteiger partial charge in [-0.05, 0) is 0 Å². The monoisotopic (exact) mass is 177 g/mol. The van der Waals surface area contributed by atoms with E-state index in [0.717, 1.165) is 0 Å². The molecule has 13 heavy (non-hydrogen) atoms. The maximum absolute atomic E-state index is 8.55. The predicted octanol–water partition coefficient (Wildman–Crippen LogP) is 0.854. The number of methoxy groups -OCH3 is 1. The van der Waals surface area contributed by atoms with E-state index >= 15 is 0 Å². The molecule has 0 aromatic heterocycles. The Hall–Kier alpha value is -1.90. The van der Waals surface area contributed by atoms with Gasteiger partial charge in [-0.15, -0.1) is 0 Å². The molecule has 0 radical (unpaired) electrons. The van der Waals surface area contributed by atoms with Gasteiger partial charge in [0.1, 0.15) is 0 Å². The highest BCUT2D eigenvalue weighted by molar-refractivity contribution is 5.17. The van der Waals surface area contributed by atoms with Crippen LogP contribution in [0.2, 0.25) is 0 Å². The second-order valence-electron chi connectivity index (χ2n) is 2.50. The van der Waals surface area contributed by atoms with E-state index in [1.807, 2.05) is 14.1 Å². The standard InChI is InChI=1S/C9H11N3O/c1-12(2)5-4-9(13-3)8(6-10)7-11/h5,8H,1-3H3. The van der Waals surface area contributed by atoms with Gasteiger partial charge in [-0.1, -0.05) is 5.73 Å². The van der Waals surface area contributed by atoms with E-state index in [-0.39, 0.29) is 5.76 Å². The van der Waals surface area contributed by atoms with E-state index < -0.39 is 5.92 Å². The van der Waals surface area contributed by atoms with Crippen molar-refractivity contribution in [1.82, 2.24) is 4.90 Å². The first kappa shape index (κ1) is 11.1. The second-order valence-corrected chi connectivity index (χ2v) is 2.50. The number of rotatable bonds is 3. The van der Waals surface area contributed by atoms with Gasteiger partial charge in [0.2, 0.25) is 0 Å². The predicted molar refractivity (Wildman–Crippen MR) is 47.0 cm³/mol. The Morgan fingerprint density at radius 3 is 2.23 bits per heavy atom. The lowest BCUT2D eigenvalue weighted by Crippen LogP contribution is -2.02. The second kappa shape index (κ2) is 5.71. The van der Waals surface area contributed by atoms with Crippen LogP contribution in [0.5, 0.6) is 0 Å². The van der Waals surface area contributed by atoms with Crippen molar-refractivity contribution in [2.45, 2.75) is 0 Å². The van der Waals surface area contributed by atoms with E-state index in [0.29, 0.717) is 0 Å². The van der Waals surface area contributed by atoms with Crippen LogP contribution in [0.25, 0.3) is 0 Å². The number of nitrogens with zero attached hydrogens (tertiary/aromatic N) is 3. The minimum atomic E-state index is -0.888. The summed E-state index contributed by atoms with van der Waals surface area (Å²) in [6, 6.07) is 3.60. The molecule has 0 atom stereocenters. The normalized spacial score (nSPS) is 7.85. The fraction of sp³-hybridized carbons (Fsp3) is 0.444. The van der Waals surface area contributed by atoms with Gasteiger partial charge in [0.05, 0.1) is 19.2 Å². The van der Waals surface area contributed by atoms with Crippen LogP contribution >= 0.6 is 0 Å². The number of allylic oxidation sites excluding steroid dienone is 1. The third-order valence-electron chi connectivity index (χ3n) is 1.21. The summed E-state index contributed by atoms with van der Waals surface area (Å²) in [5.41, 5.74) is 2.72. The zero-order chi connectivity index (χ0) is 10.3. The quantitative estimate of drug-likeness (QED) is 0.473.